The monoisotopic (exact) mass is 288 g/mol. The fraction of sp³-hybridized carbons (Fsp3) is 0.588. The van der Waals surface area contributed by atoms with E-state index in [0.29, 0.717) is 22.0 Å². The van der Waals surface area contributed by atoms with E-state index in [9.17, 15) is 5.26 Å². The van der Waals surface area contributed by atoms with E-state index in [1.165, 1.54) is 51.4 Å². The minimum Gasteiger partial charge on any atom is -0.381 e. The van der Waals surface area contributed by atoms with E-state index in [1.54, 1.807) is 12.1 Å². The summed E-state index contributed by atoms with van der Waals surface area (Å²) in [5, 5.41) is 13.4. The van der Waals surface area contributed by atoms with Crippen molar-refractivity contribution in [1.29, 1.82) is 5.26 Å². The first-order valence-corrected chi connectivity index (χ1v) is 8.05. The van der Waals surface area contributed by atoms with E-state index < -0.39 is 0 Å². The Morgan fingerprint density at radius 2 is 1.85 bits per heavy atom. The van der Waals surface area contributed by atoms with E-state index in [4.69, 9.17) is 11.6 Å². The Hall–Kier alpha value is -1.20. The summed E-state index contributed by atoms with van der Waals surface area (Å²) in [4.78, 5) is 0. The molecule has 20 heavy (non-hydrogen) atoms. The lowest BCUT2D eigenvalue weighted by molar-refractivity contribution is 0.188. The Balaban J connectivity index is 1.65. The van der Waals surface area contributed by atoms with Gasteiger partial charge in [-0.3, -0.25) is 0 Å². The van der Waals surface area contributed by atoms with Crippen LogP contribution in [0.1, 0.15) is 56.9 Å². The van der Waals surface area contributed by atoms with Crippen molar-refractivity contribution in [3.63, 3.8) is 0 Å². The summed E-state index contributed by atoms with van der Waals surface area (Å²) >= 11 is 6.04. The molecule has 0 aliphatic heterocycles. The summed E-state index contributed by atoms with van der Waals surface area (Å²) in [6.07, 6.45) is 10.8. The first kappa shape index (κ1) is 13.8. The third kappa shape index (κ3) is 2.79. The van der Waals surface area contributed by atoms with Gasteiger partial charge in [0.2, 0.25) is 0 Å². The molecule has 0 unspecified atom stereocenters. The number of halogens is 1. The molecule has 0 heterocycles. The molecule has 0 radical (unpaired) electrons. The van der Waals surface area contributed by atoms with Gasteiger partial charge in [0.05, 0.1) is 11.3 Å². The average molecular weight is 289 g/mol. The largest absolute Gasteiger partial charge is 0.381 e. The van der Waals surface area contributed by atoms with Gasteiger partial charge in [0, 0.05) is 11.1 Å². The number of rotatable bonds is 2. The zero-order chi connectivity index (χ0) is 14.0. The molecule has 0 bridgehead atoms. The summed E-state index contributed by atoms with van der Waals surface area (Å²) < 4.78 is 0. The maximum absolute atomic E-state index is 9.17. The van der Waals surface area contributed by atoms with E-state index >= 15 is 0 Å². The molecule has 2 aliphatic rings. The van der Waals surface area contributed by atoms with E-state index in [2.05, 4.69) is 11.4 Å². The van der Waals surface area contributed by atoms with Gasteiger partial charge in [-0.1, -0.05) is 24.4 Å². The van der Waals surface area contributed by atoms with Crippen LogP contribution in [0.15, 0.2) is 18.2 Å². The second kappa shape index (κ2) is 5.66. The number of nitrogens with one attached hydrogen (secondary N) is 1. The average Bonchev–Trinajstić information content (AvgIpc) is 2.90. The molecule has 0 atom stereocenters. The highest BCUT2D eigenvalue weighted by Gasteiger charge is 2.37. The summed E-state index contributed by atoms with van der Waals surface area (Å²) in [6.45, 7) is 0. The number of nitrogens with zero attached hydrogens (tertiary/aromatic N) is 1. The topological polar surface area (TPSA) is 35.8 Å². The van der Waals surface area contributed by atoms with Gasteiger partial charge in [-0.25, -0.2) is 0 Å². The van der Waals surface area contributed by atoms with E-state index in [1.807, 2.05) is 6.07 Å². The molecule has 1 spiro atoms. The van der Waals surface area contributed by atoms with Crippen LogP contribution in [0.5, 0.6) is 0 Å². The molecule has 0 saturated heterocycles. The number of benzene rings is 1. The number of hydrogen-bond acceptors (Lipinski definition) is 2. The molecule has 3 heteroatoms. The summed E-state index contributed by atoms with van der Waals surface area (Å²) in [5.41, 5.74) is 2.24. The molecule has 2 nitrogen and oxygen atoms in total. The van der Waals surface area contributed by atoms with Crippen LogP contribution in [0.4, 0.5) is 5.69 Å². The van der Waals surface area contributed by atoms with Crippen molar-refractivity contribution in [3.8, 4) is 6.07 Å². The Morgan fingerprint density at radius 1 is 1.15 bits per heavy atom. The van der Waals surface area contributed by atoms with Crippen LogP contribution in [0.2, 0.25) is 5.02 Å². The third-order valence-corrected chi connectivity index (χ3v) is 5.41. The molecule has 0 amide bonds. The molecule has 3 rings (SSSR count). The Labute approximate surface area is 126 Å². The van der Waals surface area contributed by atoms with Crippen LogP contribution in [0.3, 0.4) is 0 Å². The quantitative estimate of drug-likeness (QED) is 0.819. The molecule has 1 N–H and O–H groups in total. The van der Waals surface area contributed by atoms with Crippen LogP contribution >= 0.6 is 11.6 Å². The maximum Gasteiger partial charge on any atom is 0.101 e. The molecule has 2 aliphatic carbocycles. The fourth-order valence-electron chi connectivity index (χ4n) is 3.95. The van der Waals surface area contributed by atoms with Gasteiger partial charge < -0.3 is 5.32 Å². The van der Waals surface area contributed by atoms with Crippen molar-refractivity contribution in [2.45, 2.75) is 57.4 Å². The second-order valence-electron chi connectivity index (χ2n) is 6.43. The van der Waals surface area contributed by atoms with Gasteiger partial charge in [0.25, 0.3) is 0 Å². The molecule has 2 saturated carbocycles. The Kier molecular flexibility index (Phi) is 3.89. The highest BCUT2D eigenvalue weighted by atomic mass is 35.5. The van der Waals surface area contributed by atoms with Crippen molar-refractivity contribution in [2.24, 2.45) is 5.41 Å². The molecular weight excluding hydrogens is 268 g/mol. The molecule has 106 valence electrons. The summed E-state index contributed by atoms with van der Waals surface area (Å²) in [6, 6.07) is 8.18. The molecule has 1 aromatic carbocycles. The van der Waals surface area contributed by atoms with E-state index in [-0.39, 0.29) is 0 Å². The Morgan fingerprint density at radius 3 is 2.50 bits per heavy atom. The first-order chi connectivity index (χ1) is 9.71. The lowest BCUT2D eigenvalue weighted by atomic mass is 9.71. The van der Waals surface area contributed by atoms with Gasteiger partial charge in [0.1, 0.15) is 6.07 Å². The van der Waals surface area contributed by atoms with Crippen LogP contribution < -0.4 is 5.32 Å². The predicted octanol–water partition coefficient (Wildman–Crippen LogP) is 5.13. The molecule has 0 aromatic heterocycles. The van der Waals surface area contributed by atoms with Crippen LogP contribution in [-0.4, -0.2) is 6.04 Å². The van der Waals surface area contributed by atoms with Crippen LogP contribution in [-0.2, 0) is 0 Å². The number of nitriles is 1. The van der Waals surface area contributed by atoms with E-state index in [0.717, 1.165) is 5.69 Å². The highest BCUT2D eigenvalue weighted by Crippen LogP contribution is 2.49. The normalized spacial score (nSPS) is 21.8. The SMILES string of the molecule is N#Cc1ccc(Cl)cc1NC1CCC2(CCCC2)CC1. The fourth-order valence-corrected chi connectivity index (χ4v) is 4.12. The summed E-state index contributed by atoms with van der Waals surface area (Å²) in [5.74, 6) is 0. The zero-order valence-corrected chi connectivity index (χ0v) is 12.5. The maximum atomic E-state index is 9.17. The van der Waals surface area contributed by atoms with Gasteiger partial charge in [-0.05, 0) is 62.1 Å². The second-order valence-corrected chi connectivity index (χ2v) is 6.86. The number of hydrogen-bond donors (Lipinski definition) is 1. The van der Waals surface area contributed by atoms with Crippen LogP contribution in [0, 0.1) is 16.7 Å². The predicted molar refractivity (Wildman–Crippen MR) is 82.9 cm³/mol. The summed E-state index contributed by atoms with van der Waals surface area (Å²) in [7, 11) is 0. The molecule has 2 fully saturated rings. The lowest BCUT2D eigenvalue weighted by Crippen LogP contribution is -2.31. The zero-order valence-electron chi connectivity index (χ0n) is 11.8. The van der Waals surface area contributed by atoms with Gasteiger partial charge >= 0.3 is 0 Å². The van der Waals surface area contributed by atoms with Crippen molar-refractivity contribution in [3.05, 3.63) is 28.8 Å². The minimum atomic E-state index is 0.492. The van der Waals surface area contributed by atoms with Gasteiger partial charge in [-0.15, -0.1) is 0 Å². The van der Waals surface area contributed by atoms with Crippen LogP contribution in [0.25, 0.3) is 0 Å². The highest BCUT2D eigenvalue weighted by molar-refractivity contribution is 6.30. The van der Waals surface area contributed by atoms with Gasteiger partial charge in [0.15, 0.2) is 0 Å². The van der Waals surface area contributed by atoms with Crippen molar-refractivity contribution >= 4 is 17.3 Å². The third-order valence-electron chi connectivity index (χ3n) is 5.17. The minimum absolute atomic E-state index is 0.492. The lowest BCUT2D eigenvalue weighted by Gasteiger charge is -2.38. The number of anilines is 1. The van der Waals surface area contributed by atoms with Crippen molar-refractivity contribution in [2.75, 3.05) is 5.32 Å². The molecular formula is C17H21ClN2. The first-order valence-electron chi connectivity index (χ1n) is 7.67. The van der Waals surface area contributed by atoms with Gasteiger partial charge in [-0.2, -0.15) is 5.26 Å². The van der Waals surface area contributed by atoms with Crippen molar-refractivity contribution < 1.29 is 0 Å². The molecule has 1 aromatic rings. The standard InChI is InChI=1S/C17H21ClN2/c18-14-4-3-13(12-19)16(11-14)20-15-5-9-17(10-6-15)7-1-2-8-17/h3-4,11,15,20H,1-2,5-10H2. The Bertz CT molecular complexity index is 516. The smallest absolute Gasteiger partial charge is 0.101 e. The van der Waals surface area contributed by atoms with Crippen molar-refractivity contribution in [1.82, 2.24) is 0 Å².